The number of fused-ring (bicyclic) bond motifs is 1. The monoisotopic (exact) mass is 335 g/mol. The molecule has 0 bridgehead atoms. The van der Waals surface area contributed by atoms with Crippen molar-refractivity contribution in [3.05, 3.63) is 11.9 Å². The predicted octanol–water partition coefficient (Wildman–Crippen LogP) is 1.00. The minimum atomic E-state index is -0.555. The second-order valence-corrected chi connectivity index (χ2v) is 7.49. The van der Waals surface area contributed by atoms with Gasteiger partial charge in [-0.05, 0) is 27.7 Å². The maximum Gasteiger partial charge on any atom is 0.407 e. The molecule has 3 heterocycles. The number of rotatable bonds is 2. The Hall–Kier alpha value is -2.09. The molecule has 2 aliphatic heterocycles. The van der Waals surface area contributed by atoms with Crippen molar-refractivity contribution in [3.63, 3.8) is 0 Å². The maximum absolute atomic E-state index is 12.4. The zero-order valence-corrected chi connectivity index (χ0v) is 14.6. The van der Waals surface area contributed by atoms with Gasteiger partial charge in [0.15, 0.2) is 0 Å². The SMILES string of the molecule is C[C@H]1Cn2ncc(N3CC(NC(=O)OC(C)(C)C)CC3=O)c2CN1. The molecule has 3 rings (SSSR count). The van der Waals surface area contributed by atoms with Crippen LogP contribution < -0.4 is 15.5 Å². The number of nitrogens with one attached hydrogen (secondary N) is 2. The van der Waals surface area contributed by atoms with E-state index in [9.17, 15) is 9.59 Å². The maximum atomic E-state index is 12.4. The molecule has 0 radical (unpaired) electrons. The summed E-state index contributed by atoms with van der Waals surface area (Å²) in [5.74, 6) is -0.00881. The van der Waals surface area contributed by atoms with Crippen LogP contribution in [0.4, 0.5) is 10.5 Å². The lowest BCUT2D eigenvalue weighted by molar-refractivity contribution is -0.117. The minimum Gasteiger partial charge on any atom is -0.444 e. The second-order valence-electron chi connectivity index (χ2n) is 7.49. The van der Waals surface area contributed by atoms with E-state index in [2.05, 4.69) is 22.7 Å². The average Bonchev–Trinajstić information content (AvgIpc) is 2.99. The van der Waals surface area contributed by atoms with E-state index in [4.69, 9.17) is 4.74 Å². The highest BCUT2D eigenvalue weighted by molar-refractivity contribution is 5.97. The Bertz CT molecular complexity index is 649. The number of nitrogens with zero attached hydrogens (tertiary/aromatic N) is 3. The minimum absolute atomic E-state index is 0.00881. The van der Waals surface area contributed by atoms with E-state index < -0.39 is 11.7 Å². The first-order valence-corrected chi connectivity index (χ1v) is 8.31. The lowest BCUT2D eigenvalue weighted by atomic mass is 10.2. The highest BCUT2D eigenvalue weighted by Crippen LogP contribution is 2.27. The van der Waals surface area contributed by atoms with E-state index in [1.807, 2.05) is 25.5 Å². The van der Waals surface area contributed by atoms with Gasteiger partial charge in [0.05, 0.1) is 30.2 Å². The van der Waals surface area contributed by atoms with Crippen molar-refractivity contribution in [1.82, 2.24) is 20.4 Å². The van der Waals surface area contributed by atoms with Gasteiger partial charge in [0.2, 0.25) is 5.91 Å². The first-order chi connectivity index (χ1) is 11.2. The normalized spacial score (nSPS) is 24.0. The van der Waals surface area contributed by atoms with Crippen molar-refractivity contribution >= 4 is 17.7 Å². The van der Waals surface area contributed by atoms with Gasteiger partial charge in [-0.15, -0.1) is 0 Å². The van der Waals surface area contributed by atoms with E-state index in [1.54, 1.807) is 11.1 Å². The van der Waals surface area contributed by atoms with Crippen LogP contribution in [0, 0.1) is 0 Å². The fourth-order valence-corrected chi connectivity index (χ4v) is 3.07. The zero-order chi connectivity index (χ0) is 17.5. The largest absolute Gasteiger partial charge is 0.444 e. The molecule has 0 aromatic carbocycles. The molecule has 1 fully saturated rings. The van der Waals surface area contributed by atoms with Crippen LogP contribution in [0.15, 0.2) is 6.20 Å². The molecule has 132 valence electrons. The molecule has 8 heteroatoms. The Kier molecular flexibility index (Phi) is 4.25. The fourth-order valence-electron chi connectivity index (χ4n) is 3.07. The van der Waals surface area contributed by atoms with Gasteiger partial charge in [0, 0.05) is 25.6 Å². The third kappa shape index (κ3) is 3.53. The Morgan fingerprint density at radius 3 is 2.88 bits per heavy atom. The second kappa shape index (κ2) is 6.08. The zero-order valence-electron chi connectivity index (χ0n) is 14.6. The molecule has 0 saturated carbocycles. The molecule has 1 saturated heterocycles. The quantitative estimate of drug-likeness (QED) is 0.842. The van der Waals surface area contributed by atoms with Gasteiger partial charge in [-0.1, -0.05) is 0 Å². The number of anilines is 1. The number of alkyl carbamates (subject to hydrolysis) is 1. The molecule has 2 atom stereocenters. The molecule has 2 amide bonds. The third-order valence-electron chi connectivity index (χ3n) is 4.13. The summed E-state index contributed by atoms with van der Waals surface area (Å²) in [7, 11) is 0. The molecular formula is C16H25N5O3. The van der Waals surface area contributed by atoms with E-state index in [0.29, 0.717) is 19.1 Å². The molecule has 1 aromatic rings. The van der Waals surface area contributed by atoms with Crippen LogP contribution in [-0.2, 0) is 22.6 Å². The van der Waals surface area contributed by atoms with Gasteiger partial charge >= 0.3 is 6.09 Å². The Balaban J connectivity index is 1.67. The summed E-state index contributed by atoms with van der Waals surface area (Å²) in [5.41, 5.74) is 1.28. The van der Waals surface area contributed by atoms with Crippen molar-refractivity contribution in [2.75, 3.05) is 11.4 Å². The lowest BCUT2D eigenvalue weighted by Crippen LogP contribution is -2.41. The van der Waals surface area contributed by atoms with Crippen LogP contribution in [-0.4, -0.2) is 46.0 Å². The van der Waals surface area contributed by atoms with Crippen molar-refractivity contribution in [1.29, 1.82) is 0 Å². The molecule has 0 aliphatic carbocycles. The van der Waals surface area contributed by atoms with Gasteiger partial charge in [-0.3, -0.25) is 9.48 Å². The van der Waals surface area contributed by atoms with E-state index >= 15 is 0 Å². The fraction of sp³-hybridized carbons (Fsp3) is 0.688. The van der Waals surface area contributed by atoms with Crippen molar-refractivity contribution < 1.29 is 14.3 Å². The smallest absolute Gasteiger partial charge is 0.407 e. The van der Waals surface area contributed by atoms with Crippen LogP contribution in [0.1, 0.15) is 39.8 Å². The topological polar surface area (TPSA) is 88.5 Å². The number of hydrogen-bond donors (Lipinski definition) is 2. The molecular weight excluding hydrogens is 310 g/mol. The van der Waals surface area contributed by atoms with Crippen molar-refractivity contribution in [2.45, 2.75) is 64.9 Å². The van der Waals surface area contributed by atoms with Gasteiger partial charge in [0.25, 0.3) is 0 Å². The number of ether oxygens (including phenoxy) is 1. The molecule has 2 N–H and O–H groups in total. The number of amides is 2. The summed E-state index contributed by atoms with van der Waals surface area (Å²) in [6, 6.07) is 0.111. The first-order valence-electron chi connectivity index (χ1n) is 8.31. The Labute approximate surface area is 141 Å². The van der Waals surface area contributed by atoms with E-state index in [1.165, 1.54) is 0 Å². The van der Waals surface area contributed by atoms with Gasteiger partial charge in [-0.25, -0.2) is 4.79 Å². The number of carbonyl (C=O) groups excluding carboxylic acids is 2. The summed E-state index contributed by atoms with van der Waals surface area (Å²) in [6.45, 7) is 9.45. The first kappa shape index (κ1) is 16.8. The Morgan fingerprint density at radius 2 is 2.17 bits per heavy atom. The molecule has 2 aliphatic rings. The summed E-state index contributed by atoms with van der Waals surface area (Å²) in [4.78, 5) is 26.0. The number of carbonyl (C=O) groups is 2. The van der Waals surface area contributed by atoms with Crippen molar-refractivity contribution in [2.24, 2.45) is 0 Å². The summed E-state index contributed by atoms with van der Waals surface area (Å²) >= 11 is 0. The highest BCUT2D eigenvalue weighted by atomic mass is 16.6. The van der Waals surface area contributed by atoms with Crippen LogP contribution in [0.25, 0.3) is 0 Å². The van der Waals surface area contributed by atoms with Gasteiger partial charge in [0.1, 0.15) is 5.60 Å². The summed E-state index contributed by atoms with van der Waals surface area (Å²) in [6.07, 6.45) is 1.52. The standard InChI is InChI=1S/C16H25N5O3/c1-10-8-21-13(6-17-10)12(7-18-21)20-9-11(5-14(20)22)19-15(23)24-16(2,3)4/h7,10-11,17H,5-6,8-9H2,1-4H3,(H,19,23)/t10-,11?/m0/s1. The van der Waals surface area contributed by atoms with Crippen molar-refractivity contribution in [3.8, 4) is 0 Å². The number of hydrogen-bond acceptors (Lipinski definition) is 5. The summed E-state index contributed by atoms with van der Waals surface area (Å²) in [5, 5.41) is 10.6. The third-order valence-corrected chi connectivity index (χ3v) is 4.13. The molecule has 1 unspecified atom stereocenters. The van der Waals surface area contributed by atoms with E-state index in [-0.39, 0.29) is 18.4 Å². The van der Waals surface area contributed by atoms with Gasteiger partial charge < -0.3 is 20.3 Å². The van der Waals surface area contributed by atoms with Crippen LogP contribution in [0.5, 0.6) is 0 Å². The lowest BCUT2D eigenvalue weighted by Gasteiger charge is -2.25. The average molecular weight is 335 g/mol. The van der Waals surface area contributed by atoms with Crippen LogP contribution >= 0.6 is 0 Å². The predicted molar refractivity (Wildman–Crippen MR) is 88.7 cm³/mol. The summed E-state index contributed by atoms with van der Waals surface area (Å²) < 4.78 is 7.20. The van der Waals surface area contributed by atoms with Gasteiger partial charge in [-0.2, -0.15) is 5.10 Å². The molecule has 1 aromatic heterocycles. The number of aromatic nitrogens is 2. The van der Waals surface area contributed by atoms with Crippen LogP contribution in [0.2, 0.25) is 0 Å². The van der Waals surface area contributed by atoms with E-state index in [0.717, 1.165) is 17.9 Å². The highest BCUT2D eigenvalue weighted by Gasteiger charge is 2.35. The Morgan fingerprint density at radius 1 is 1.42 bits per heavy atom. The molecule has 24 heavy (non-hydrogen) atoms. The molecule has 8 nitrogen and oxygen atoms in total. The van der Waals surface area contributed by atoms with Crippen LogP contribution in [0.3, 0.4) is 0 Å². The molecule has 0 spiro atoms.